The maximum atomic E-state index is 13.4. The lowest BCUT2D eigenvalue weighted by Crippen LogP contribution is -2.31. The number of aliphatic hydroxyl groups excluding tert-OH is 1. The number of nitrogens with one attached hydrogen (secondary N) is 2. The molecule has 0 aliphatic rings. The predicted octanol–water partition coefficient (Wildman–Crippen LogP) is 0.741. The third kappa shape index (κ3) is 6.61. The zero-order valence-corrected chi connectivity index (χ0v) is 11.9. The Morgan fingerprint density at radius 1 is 1.38 bits per heavy atom. The molecule has 3 N–H and O–H groups in total. The van der Waals surface area contributed by atoms with Gasteiger partial charge in [0, 0.05) is 38.7 Å². The van der Waals surface area contributed by atoms with Crippen LogP contribution in [0.4, 0.5) is 8.78 Å². The quantitative estimate of drug-likeness (QED) is 0.589. The molecule has 21 heavy (non-hydrogen) atoms. The maximum absolute atomic E-state index is 13.4. The summed E-state index contributed by atoms with van der Waals surface area (Å²) in [4.78, 5) is 11.4. The van der Waals surface area contributed by atoms with Crippen LogP contribution in [0.3, 0.4) is 0 Å². The highest BCUT2D eigenvalue weighted by atomic mass is 19.1. The van der Waals surface area contributed by atoms with Gasteiger partial charge in [-0.2, -0.15) is 0 Å². The molecule has 0 aromatic heterocycles. The average Bonchev–Trinajstić information content (AvgIpc) is 2.46. The van der Waals surface area contributed by atoms with Crippen molar-refractivity contribution in [1.29, 1.82) is 0 Å². The minimum Gasteiger partial charge on any atom is -0.387 e. The Balaban J connectivity index is 2.26. The monoisotopic (exact) mass is 302 g/mol. The van der Waals surface area contributed by atoms with Crippen molar-refractivity contribution in [2.75, 3.05) is 33.4 Å². The van der Waals surface area contributed by atoms with Gasteiger partial charge in [-0.25, -0.2) is 8.78 Å². The minimum atomic E-state index is -1.17. The molecule has 7 heteroatoms. The first-order valence-electron chi connectivity index (χ1n) is 6.64. The highest BCUT2D eigenvalue weighted by Gasteiger charge is 2.13. The Labute approximate surface area is 122 Å². The second-order valence-electron chi connectivity index (χ2n) is 4.48. The number of carbonyl (C=O) groups excluding carboxylic acids is 1. The molecule has 1 unspecified atom stereocenters. The maximum Gasteiger partial charge on any atom is 0.221 e. The summed E-state index contributed by atoms with van der Waals surface area (Å²) >= 11 is 0. The number of benzene rings is 1. The van der Waals surface area contributed by atoms with Crippen LogP contribution in [0.1, 0.15) is 18.1 Å². The summed E-state index contributed by atoms with van der Waals surface area (Å²) in [5.41, 5.74) is -0.105. The first-order valence-corrected chi connectivity index (χ1v) is 6.64. The van der Waals surface area contributed by atoms with Crippen LogP contribution in [0.5, 0.6) is 0 Å². The zero-order chi connectivity index (χ0) is 15.7. The Kier molecular flexibility index (Phi) is 7.81. The van der Waals surface area contributed by atoms with Gasteiger partial charge in [0.2, 0.25) is 5.91 Å². The molecule has 1 amide bonds. The highest BCUT2D eigenvalue weighted by molar-refractivity contribution is 5.76. The Morgan fingerprint density at radius 2 is 2.14 bits per heavy atom. The number of amides is 1. The lowest BCUT2D eigenvalue weighted by atomic mass is 10.1. The molecule has 0 fully saturated rings. The second-order valence-corrected chi connectivity index (χ2v) is 4.48. The van der Waals surface area contributed by atoms with Gasteiger partial charge in [-0.3, -0.25) is 4.79 Å². The molecule has 0 aliphatic carbocycles. The Morgan fingerprint density at radius 3 is 2.86 bits per heavy atom. The summed E-state index contributed by atoms with van der Waals surface area (Å²) in [7, 11) is 1.54. The first-order chi connectivity index (χ1) is 10.0. The first kappa shape index (κ1) is 17.5. The van der Waals surface area contributed by atoms with Crippen LogP contribution >= 0.6 is 0 Å². The van der Waals surface area contributed by atoms with Gasteiger partial charge in [-0.15, -0.1) is 0 Å². The summed E-state index contributed by atoms with van der Waals surface area (Å²) in [6.07, 6.45) is -0.945. The van der Waals surface area contributed by atoms with Crippen LogP contribution in [0.15, 0.2) is 18.2 Å². The van der Waals surface area contributed by atoms with Gasteiger partial charge in [-0.05, 0) is 18.2 Å². The summed E-state index contributed by atoms with van der Waals surface area (Å²) < 4.78 is 31.2. The molecule has 1 aromatic rings. The van der Waals surface area contributed by atoms with Gasteiger partial charge in [0.15, 0.2) is 0 Å². The van der Waals surface area contributed by atoms with Crippen LogP contribution in [0, 0.1) is 11.6 Å². The molecule has 1 aromatic carbocycles. The minimum absolute atomic E-state index is 0.0335. The Bertz CT molecular complexity index is 458. The van der Waals surface area contributed by atoms with E-state index in [1.165, 1.54) is 0 Å². The van der Waals surface area contributed by atoms with Crippen molar-refractivity contribution in [3.05, 3.63) is 35.4 Å². The van der Waals surface area contributed by atoms with Gasteiger partial charge in [-0.1, -0.05) is 0 Å². The van der Waals surface area contributed by atoms with E-state index in [4.69, 9.17) is 4.74 Å². The topological polar surface area (TPSA) is 70.6 Å². The van der Waals surface area contributed by atoms with Gasteiger partial charge >= 0.3 is 0 Å². The second kappa shape index (κ2) is 9.38. The van der Waals surface area contributed by atoms with Crippen molar-refractivity contribution in [2.45, 2.75) is 12.5 Å². The van der Waals surface area contributed by atoms with E-state index >= 15 is 0 Å². The van der Waals surface area contributed by atoms with E-state index in [0.717, 1.165) is 18.2 Å². The summed E-state index contributed by atoms with van der Waals surface area (Å²) in [5, 5.41) is 15.2. The normalized spacial score (nSPS) is 12.2. The van der Waals surface area contributed by atoms with Crippen molar-refractivity contribution in [2.24, 2.45) is 0 Å². The fourth-order valence-electron chi connectivity index (χ4n) is 1.70. The summed E-state index contributed by atoms with van der Waals surface area (Å²) in [5.74, 6) is -1.42. The van der Waals surface area contributed by atoms with Crippen molar-refractivity contribution in [1.82, 2.24) is 10.6 Å². The molecular weight excluding hydrogens is 282 g/mol. The van der Waals surface area contributed by atoms with Gasteiger partial charge < -0.3 is 20.5 Å². The molecule has 0 aliphatic heterocycles. The van der Waals surface area contributed by atoms with E-state index in [9.17, 15) is 18.7 Å². The van der Waals surface area contributed by atoms with Crippen molar-refractivity contribution in [3.63, 3.8) is 0 Å². The lowest BCUT2D eigenvalue weighted by molar-refractivity contribution is -0.121. The van der Waals surface area contributed by atoms with E-state index in [1.54, 1.807) is 7.11 Å². The van der Waals surface area contributed by atoms with E-state index in [-0.39, 0.29) is 24.4 Å². The number of hydrogen-bond acceptors (Lipinski definition) is 4. The lowest BCUT2D eigenvalue weighted by Gasteiger charge is -2.13. The standard InChI is InChI=1S/C14H20F2N2O3/c1-21-7-6-18-14(20)4-5-17-9-13(19)11-8-10(15)2-3-12(11)16/h2-3,8,13,17,19H,4-7,9H2,1H3,(H,18,20). The molecule has 1 rings (SSSR count). The van der Waals surface area contributed by atoms with Crippen LogP contribution in [0.25, 0.3) is 0 Å². The number of halogens is 2. The molecule has 0 spiro atoms. The van der Waals surface area contributed by atoms with E-state index in [1.807, 2.05) is 0 Å². The van der Waals surface area contributed by atoms with Crippen molar-refractivity contribution >= 4 is 5.91 Å². The number of aliphatic hydroxyl groups is 1. The van der Waals surface area contributed by atoms with Crippen LogP contribution < -0.4 is 10.6 Å². The number of rotatable bonds is 9. The number of ether oxygens (including phenoxy) is 1. The molecule has 118 valence electrons. The largest absolute Gasteiger partial charge is 0.387 e. The van der Waals surface area contributed by atoms with Gasteiger partial charge in [0.05, 0.1) is 12.7 Å². The predicted molar refractivity (Wildman–Crippen MR) is 73.7 cm³/mol. The highest BCUT2D eigenvalue weighted by Crippen LogP contribution is 2.17. The van der Waals surface area contributed by atoms with Crippen LogP contribution in [-0.4, -0.2) is 44.4 Å². The third-order valence-electron chi connectivity index (χ3n) is 2.81. The van der Waals surface area contributed by atoms with Gasteiger partial charge in [0.1, 0.15) is 11.6 Å². The van der Waals surface area contributed by atoms with Crippen LogP contribution in [0.2, 0.25) is 0 Å². The van der Waals surface area contributed by atoms with Crippen molar-refractivity contribution in [3.8, 4) is 0 Å². The van der Waals surface area contributed by atoms with E-state index in [2.05, 4.69) is 10.6 Å². The molecule has 5 nitrogen and oxygen atoms in total. The zero-order valence-electron chi connectivity index (χ0n) is 11.9. The van der Waals surface area contributed by atoms with Crippen molar-refractivity contribution < 1.29 is 23.4 Å². The summed E-state index contributed by atoms with van der Waals surface area (Å²) in [6, 6.07) is 2.92. The van der Waals surface area contributed by atoms with E-state index < -0.39 is 17.7 Å². The number of hydrogen-bond donors (Lipinski definition) is 3. The smallest absolute Gasteiger partial charge is 0.221 e. The number of carbonyl (C=O) groups is 1. The fraction of sp³-hybridized carbons (Fsp3) is 0.500. The average molecular weight is 302 g/mol. The molecule has 0 heterocycles. The molecular formula is C14H20F2N2O3. The molecule has 0 radical (unpaired) electrons. The molecule has 0 saturated carbocycles. The van der Waals surface area contributed by atoms with Crippen LogP contribution in [-0.2, 0) is 9.53 Å². The third-order valence-corrected chi connectivity index (χ3v) is 2.81. The summed E-state index contributed by atoms with van der Waals surface area (Å²) in [6.45, 7) is 1.24. The van der Waals surface area contributed by atoms with E-state index in [0.29, 0.717) is 19.7 Å². The SMILES string of the molecule is COCCNC(=O)CCNCC(O)c1cc(F)ccc1F. The fourth-order valence-corrected chi connectivity index (χ4v) is 1.70. The molecule has 1 atom stereocenters. The Hall–Kier alpha value is -1.57. The van der Waals surface area contributed by atoms with Gasteiger partial charge in [0.25, 0.3) is 0 Å². The number of methoxy groups -OCH3 is 1. The molecule has 0 saturated heterocycles. The molecule has 0 bridgehead atoms.